The minimum absolute atomic E-state index is 0.0634. The third-order valence-electron chi connectivity index (χ3n) is 1.48. The molecule has 0 radical (unpaired) electrons. The molecule has 1 rings (SSSR count). The van der Waals surface area contributed by atoms with E-state index in [1.165, 1.54) is 18.4 Å². The highest BCUT2D eigenvalue weighted by atomic mass is 16.5. The summed E-state index contributed by atoms with van der Waals surface area (Å²) < 4.78 is 4.00. The summed E-state index contributed by atoms with van der Waals surface area (Å²) in [5.74, 6) is -0.704. The van der Waals surface area contributed by atoms with Crippen LogP contribution in [0, 0.1) is 11.5 Å². The Hall–Kier alpha value is -2.28. The zero-order valence-electron chi connectivity index (χ0n) is 7.18. The third kappa shape index (κ3) is 2.64. The van der Waals surface area contributed by atoms with E-state index in [-0.39, 0.29) is 5.75 Å². The van der Waals surface area contributed by atoms with Crippen molar-refractivity contribution in [1.82, 2.24) is 0 Å². The molecule has 0 saturated carbocycles. The van der Waals surface area contributed by atoms with Crippen LogP contribution in [0.1, 0.15) is 5.56 Å². The zero-order valence-corrected chi connectivity index (χ0v) is 7.18. The third-order valence-corrected chi connectivity index (χ3v) is 1.48. The van der Waals surface area contributed by atoms with E-state index in [4.69, 9.17) is 5.26 Å². The molecule has 0 aromatic heterocycles. The maximum absolute atomic E-state index is 10.7. The van der Waals surface area contributed by atoms with Crippen LogP contribution in [0.2, 0.25) is 0 Å². The molecule has 4 nitrogen and oxygen atoms in total. The molecule has 0 unspecified atom stereocenters. The molecule has 14 heavy (non-hydrogen) atoms. The standard InChI is InChI=1S/C10H7NO3/c11-7-14-10(13)6-5-8-3-1-2-4-9(8)12/h1-6,12H. The average Bonchev–Trinajstić information content (AvgIpc) is 2.17. The number of benzene rings is 1. The van der Waals surface area contributed by atoms with Crippen LogP contribution in [0.15, 0.2) is 30.3 Å². The molecule has 4 heteroatoms. The summed E-state index contributed by atoms with van der Waals surface area (Å²) in [6.45, 7) is 0. The Morgan fingerprint density at radius 1 is 1.50 bits per heavy atom. The monoisotopic (exact) mass is 189 g/mol. The molecule has 0 aliphatic rings. The van der Waals surface area contributed by atoms with Crippen molar-refractivity contribution in [3.8, 4) is 12.0 Å². The number of phenols is 1. The maximum atomic E-state index is 10.7. The van der Waals surface area contributed by atoms with E-state index in [1.807, 2.05) is 0 Å². The summed E-state index contributed by atoms with van der Waals surface area (Å²) in [6, 6.07) is 6.51. The SMILES string of the molecule is N#COC(=O)C=Cc1ccccc1O. The summed E-state index contributed by atoms with van der Waals surface area (Å²) in [5.41, 5.74) is 0.488. The Morgan fingerprint density at radius 3 is 2.86 bits per heavy atom. The number of rotatable bonds is 2. The zero-order chi connectivity index (χ0) is 10.4. The van der Waals surface area contributed by atoms with Gasteiger partial charge in [0.25, 0.3) is 6.26 Å². The Kier molecular flexibility index (Phi) is 3.27. The van der Waals surface area contributed by atoms with Crippen molar-refractivity contribution in [3.05, 3.63) is 35.9 Å². The lowest BCUT2D eigenvalue weighted by molar-refractivity contribution is -0.131. The largest absolute Gasteiger partial charge is 0.507 e. The van der Waals surface area contributed by atoms with Crippen molar-refractivity contribution < 1.29 is 14.6 Å². The number of aromatic hydroxyl groups is 1. The molecular weight excluding hydrogens is 182 g/mol. The molecular formula is C10H7NO3. The van der Waals surface area contributed by atoms with Crippen molar-refractivity contribution >= 4 is 12.0 Å². The van der Waals surface area contributed by atoms with E-state index in [9.17, 15) is 9.90 Å². The summed E-state index contributed by atoms with van der Waals surface area (Å²) in [7, 11) is 0. The number of carbonyl (C=O) groups is 1. The van der Waals surface area contributed by atoms with Crippen molar-refractivity contribution in [3.63, 3.8) is 0 Å². The van der Waals surface area contributed by atoms with Gasteiger partial charge in [0.1, 0.15) is 5.75 Å². The van der Waals surface area contributed by atoms with Crippen LogP contribution in [0.4, 0.5) is 0 Å². The molecule has 0 spiro atoms. The highest BCUT2D eigenvalue weighted by Crippen LogP contribution is 2.16. The van der Waals surface area contributed by atoms with E-state index in [0.717, 1.165) is 6.08 Å². The predicted molar refractivity (Wildman–Crippen MR) is 48.8 cm³/mol. The van der Waals surface area contributed by atoms with Crippen molar-refractivity contribution in [2.75, 3.05) is 0 Å². The minimum Gasteiger partial charge on any atom is -0.507 e. The number of hydrogen-bond acceptors (Lipinski definition) is 4. The van der Waals surface area contributed by atoms with Crippen molar-refractivity contribution in [2.45, 2.75) is 0 Å². The fourth-order valence-corrected chi connectivity index (χ4v) is 0.865. The molecule has 0 saturated heterocycles. The van der Waals surface area contributed by atoms with Gasteiger partial charge in [0.05, 0.1) is 0 Å². The fraction of sp³-hybridized carbons (Fsp3) is 0. The van der Waals surface area contributed by atoms with Crippen molar-refractivity contribution in [2.24, 2.45) is 0 Å². The summed E-state index contributed by atoms with van der Waals surface area (Å²) in [4.78, 5) is 10.7. The van der Waals surface area contributed by atoms with Crippen LogP contribution >= 0.6 is 0 Å². The van der Waals surface area contributed by atoms with Crippen LogP contribution in [0.3, 0.4) is 0 Å². The van der Waals surface area contributed by atoms with E-state index >= 15 is 0 Å². The first kappa shape index (κ1) is 9.81. The second kappa shape index (κ2) is 4.67. The van der Waals surface area contributed by atoms with Gasteiger partial charge in [-0.2, -0.15) is 0 Å². The minimum atomic E-state index is -0.768. The number of phenolic OH excluding ortho intramolecular Hbond substituents is 1. The first-order chi connectivity index (χ1) is 6.74. The Balaban J connectivity index is 2.75. The molecule has 1 aromatic rings. The van der Waals surface area contributed by atoms with E-state index in [1.54, 1.807) is 18.2 Å². The van der Waals surface area contributed by atoms with Gasteiger partial charge in [0, 0.05) is 11.6 Å². The van der Waals surface area contributed by atoms with Gasteiger partial charge in [0.15, 0.2) is 0 Å². The van der Waals surface area contributed by atoms with Crippen molar-refractivity contribution in [1.29, 1.82) is 5.26 Å². The summed E-state index contributed by atoms with van der Waals surface area (Å²) >= 11 is 0. The number of carbonyl (C=O) groups excluding carboxylic acids is 1. The first-order valence-electron chi connectivity index (χ1n) is 3.80. The molecule has 1 aromatic carbocycles. The molecule has 0 aliphatic heterocycles. The number of para-hydroxylation sites is 1. The molecule has 1 N–H and O–H groups in total. The summed E-state index contributed by atoms with van der Waals surface area (Å²) in [6.07, 6.45) is 3.69. The lowest BCUT2D eigenvalue weighted by atomic mass is 10.2. The van der Waals surface area contributed by atoms with Gasteiger partial charge in [0.2, 0.25) is 0 Å². The highest BCUT2D eigenvalue weighted by molar-refractivity contribution is 5.88. The Bertz CT molecular complexity index is 404. The van der Waals surface area contributed by atoms with Gasteiger partial charge in [-0.05, 0) is 12.1 Å². The van der Waals surface area contributed by atoms with E-state index in [0.29, 0.717) is 5.56 Å². The van der Waals surface area contributed by atoms with Gasteiger partial charge in [-0.25, -0.2) is 4.79 Å². The van der Waals surface area contributed by atoms with Gasteiger partial charge in [-0.1, -0.05) is 18.2 Å². The Labute approximate surface area is 80.7 Å². The topological polar surface area (TPSA) is 70.3 Å². The molecule has 0 atom stereocenters. The molecule has 70 valence electrons. The second-order valence-corrected chi connectivity index (χ2v) is 2.40. The smallest absolute Gasteiger partial charge is 0.346 e. The molecule has 0 fully saturated rings. The fourth-order valence-electron chi connectivity index (χ4n) is 0.865. The number of nitriles is 1. The first-order valence-corrected chi connectivity index (χ1v) is 3.80. The van der Waals surface area contributed by atoms with Gasteiger partial charge >= 0.3 is 5.97 Å². The second-order valence-electron chi connectivity index (χ2n) is 2.40. The number of nitrogens with zero attached hydrogens (tertiary/aromatic N) is 1. The van der Waals surface area contributed by atoms with Crippen LogP contribution in [0.25, 0.3) is 6.08 Å². The lowest BCUT2D eigenvalue weighted by Crippen LogP contribution is -1.92. The number of hydrogen-bond donors (Lipinski definition) is 1. The van der Waals surface area contributed by atoms with Gasteiger partial charge < -0.3 is 9.84 Å². The van der Waals surface area contributed by atoms with Gasteiger partial charge in [-0.3, -0.25) is 0 Å². The molecule has 0 bridgehead atoms. The normalized spacial score (nSPS) is 9.64. The van der Waals surface area contributed by atoms with Crippen LogP contribution in [-0.4, -0.2) is 11.1 Å². The van der Waals surface area contributed by atoms with Crippen LogP contribution < -0.4 is 0 Å². The lowest BCUT2D eigenvalue weighted by Gasteiger charge is -1.95. The molecule has 0 aliphatic carbocycles. The number of esters is 1. The Morgan fingerprint density at radius 2 is 2.21 bits per heavy atom. The molecule has 0 amide bonds. The quantitative estimate of drug-likeness (QED) is 0.434. The van der Waals surface area contributed by atoms with E-state index in [2.05, 4.69) is 4.74 Å². The predicted octanol–water partition coefficient (Wildman–Crippen LogP) is 1.43. The molecule has 0 heterocycles. The van der Waals surface area contributed by atoms with Crippen LogP contribution in [0.5, 0.6) is 5.75 Å². The van der Waals surface area contributed by atoms with Crippen LogP contribution in [-0.2, 0) is 9.53 Å². The van der Waals surface area contributed by atoms with Gasteiger partial charge in [-0.15, -0.1) is 5.26 Å². The summed E-state index contributed by atoms with van der Waals surface area (Å²) in [5, 5.41) is 17.3. The maximum Gasteiger partial charge on any atom is 0.346 e. The van der Waals surface area contributed by atoms with E-state index < -0.39 is 5.97 Å². The number of ether oxygens (including phenoxy) is 1. The average molecular weight is 189 g/mol. The highest BCUT2D eigenvalue weighted by Gasteiger charge is 1.97.